The minimum absolute atomic E-state index is 0.00525. The van der Waals surface area contributed by atoms with Crippen LogP contribution in [0.2, 0.25) is 0 Å². The lowest BCUT2D eigenvalue weighted by atomic mass is 10.2. The first-order valence-corrected chi connectivity index (χ1v) is 7.86. The van der Waals surface area contributed by atoms with Crippen molar-refractivity contribution in [1.82, 2.24) is 4.72 Å². The number of carbonyl (C=O) groups is 2. The van der Waals surface area contributed by atoms with Gasteiger partial charge in [0.15, 0.2) is 0 Å². The van der Waals surface area contributed by atoms with Crippen molar-refractivity contribution < 1.29 is 32.2 Å². The van der Waals surface area contributed by atoms with E-state index in [1.165, 1.54) is 26.3 Å². The zero-order chi connectivity index (χ0) is 16.3. The number of nitrogens with one attached hydrogen (secondary N) is 1. The first kappa shape index (κ1) is 16.2. The summed E-state index contributed by atoms with van der Waals surface area (Å²) in [6.07, 6.45) is -0.679. The Hall–Kier alpha value is -2.13. The molecule has 0 radical (unpaired) electrons. The van der Waals surface area contributed by atoms with E-state index in [0.29, 0.717) is 0 Å². The number of hydrogen-bond acceptors (Lipinski definition) is 7. The zero-order valence-corrected chi connectivity index (χ0v) is 12.8. The van der Waals surface area contributed by atoms with Crippen molar-refractivity contribution in [2.75, 3.05) is 20.8 Å². The molecule has 1 saturated heterocycles. The monoisotopic (exact) mass is 329 g/mol. The van der Waals surface area contributed by atoms with Gasteiger partial charge in [0.1, 0.15) is 10.6 Å². The molecule has 0 spiro atoms. The Morgan fingerprint density at radius 1 is 1.41 bits per heavy atom. The number of carbonyl (C=O) groups excluding carboxylic acids is 2. The fourth-order valence-electron chi connectivity index (χ4n) is 1.91. The standard InChI is InChI=1S/C13H15NO7S/c1-14-22(17,18)11-7-8(3-4-9(11)19-2)12(15)21-10-5-6-20-13(10)16/h3-4,7,10,14H,5-6H2,1-2H3/t10-/m1/s1. The number of rotatable bonds is 5. The lowest BCUT2D eigenvalue weighted by Crippen LogP contribution is -2.23. The third kappa shape index (κ3) is 3.20. The van der Waals surface area contributed by atoms with Crippen molar-refractivity contribution in [2.45, 2.75) is 17.4 Å². The SMILES string of the molecule is CNS(=O)(=O)c1cc(C(=O)O[C@@H]2CCOC2=O)ccc1OC. The molecule has 8 nitrogen and oxygen atoms in total. The van der Waals surface area contributed by atoms with Crippen LogP contribution in [0.15, 0.2) is 23.1 Å². The summed E-state index contributed by atoms with van der Waals surface area (Å²) in [5.74, 6) is -1.32. The number of cyclic esters (lactones) is 1. The summed E-state index contributed by atoms with van der Waals surface area (Å²) in [5, 5.41) is 0. The summed E-state index contributed by atoms with van der Waals surface area (Å²) in [4.78, 5) is 23.1. The Morgan fingerprint density at radius 2 is 2.14 bits per heavy atom. The van der Waals surface area contributed by atoms with Crippen LogP contribution >= 0.6 is 0 Å². The molecule has 1 aromatic rings. The molecule has 2 rings (SSSR count). The second-order valence-corrected chi connectivity index (χ2v) is 6.28. The number of methoxy groups -OCH3 is 1. The van der Waals surface area contributed by atoms with Crippen LogP contribution in [0, 0.1) is 0 Å². The maximum Gasteiger partial charge on any atom is 0.347 e. The Labute approximate surface area is 127 Å². The van der Waals surface area contributed by atoms with Gasteiger partial charge in [-0.2, -0.15) is 0 Å². The van der Waals surface area contributed by atoms with E-state index in [9.17, 15) is 18.0 Å². The van der Waals surface area contributed by atoms with Gasteiger partial charge in [0.2, 0.25) is 16.1 Å². The van der Waals surface area contributed by atoms with E-state index in [2.05, 4.69) is 4.72 Å². The highest BCUT2D eigenvalue weighted by molar-refractivity contribution is 7.89. The Kier molecular flexibility index (Phi) is 4.67. The molecule has 1 heterocycles. The zero-order valence-electron chi connectivity index (χ0n) is 12.0. The van der Waals surface area contributed by atoms with E-state index >= 15 is 0 Å². The van der Waals surface area contributed by atoms with Gasteiger partial charge in [-0.1, -0.05) is 0 Å². The van der Waals surface area contributed by atoms with Crippen molar-refractivity contribution in [2.24, 2.45) is 0 Å². The summed E-state index contributed by atoms with van der Waals surface area (Å²) >= 11 is 0. The van der Waals surface area contributed by atoms with Gasteiger partial charge in [-0.25, -0.2) is 22.7 Å². The third-order valence-corrected chi connectivity index (χ3v) is 4.53. The van der Waals surface area contributed by atoms with Gasteiger partial charge < -0.3 is 14.2 Å². The van der Waals surface area contributed by atoms with E-state index in [0.717, 1.165) is 6.07 Å². The van der Waals surface area contributed by atoms with Gasteiger partial charge in [0.25, 0.3) is 0 Å². The van der Waals surface area contributed by atoms with Crippen LogP contribution in [-0.2, 0) is 24.3 Å². The lowest BCUT2D eigenvalue weighted by Gasteiger charge is -2.12. The van der Waals surface area contributed by atoms with E-state index in [1.54, 1.807) is 0 Å². The molecule has 9 heteroatoms. The van der Waals surface area contributed by atoms with Crippen molar-refractivity contribution in [3.63, 3.8) is 0 Å². The number of sulfonamides is 1. The van der Waals surface area contributed by atoms with Crippen LogP contribution in [0.5, 0.6) is 5.75 Å². The summed E-state index contributed by atoms with van der Waals surface area (Å²) in [6.45, 7) is 0.193. The molecule has 120 valence electrons. The van der Waals surface area contributed by atoms with Crippen molar-refractivity contribution in [1.29, 1.82) is 0 Å². The molecule has 0 aromatic heterocycles. The molecule has 1 aliphatic heterocycles. The second-order valence-electron chi connectivity index (χ2n) is 4.42. The van der Waals surface area contributed by atoms with E-state index in [-0.39, 0.29) is 29.2 Å². The first-order valence-electron chi connectivity index (χ1n) is 6.38. The molecule has 0 unspecified atom stereocenters. The Balaban J connectivity index is 2.30. The van der Waals surface area contributed by atoms with Gasteiger partial charge in [-0.3, -0.25) is 0 Å². The molecule has 0 amide bonds. The van der Waals surface area contributed by atoms with Crippen LogP contribution in [0.25, 0.3) is 0 Å². The highest BCUT2D eigenvalue weighted by Gasteiger charge is 2.31. The molecular weight excluding hydrogens is 314 g/mol. The normalized spacial score (nSPS) is 17.9. The minimum Gasteiger partial charge on any atom is -0.495 e. The smallest absolute Gasteiger partial charge is 0.347 e. The number of benzene rings is 1. The van der Waals surface area contributed by atoms with Gasteiger partial charge in [0.05, 0.1) is 19.3 Å². The molecular formula is C13H15NO7S. The van der Waals surface area contributed by atoms with Crippen LogP contribution in [0.4, 0.5) is 0 Å². The Morgan fingerprint density at radius 3 is 2.68 bits per heavy atom. The molecule has 0 bridgehead atoms. The van der Waals surface area contributed by atoms with Crippen molar-refractivity contribution in [3.8, 4) is 5.75 Å². The first-order chi connectivity index (χ1) is 10.4. The molecule has 1 aliphatic rings. The molecule has 1 N–H and O–H groups in total. The summed E-state index contributed by atoms with van der Waals surface area (Å²) < 4.78 is 40.7. The van der Waals surface area contributed by atoms with Crippen LogP contribution in [0.3, 0.4) is 0 Å². The van der Waals surface area contributed by atoms with Crippen molar-refractivity contribution >= 4 is 22.0 Å². The molecule has 1 fully saturated rings. The van der Waals surface area contributed by atoms with Crippen LogP contribution in [0.1, 0.15) is 16.8 Å². The fourth-order valence-corrected chi connectivity index (χ4v) is 2.82. The Bertz CT molecular complexity index is 698. The summed E-state index contributed by atoms with van der Waals surface area (Å²) in [6, 6.07) is 3.83. The molecule has 0 aliphatic carbocycles. The predicted octanol–water partition coefficient (Wildman–Crippen LogP) is 0.0756. The molecule has 1 aromatic carbocycles. The van der Waals surface area contributed by atoms with E-state index < -0.39 is 28.1 Å². The predicted molar refractivity (Wildman–Crippen MR) is 74.0 cm³/mol. The largest absolute Gasteiger partial charge is 0.495 e. The van der Waals surface area contributed by atoms with Gasteiger partial charge in [-0.05, 0) is 25.2 Å². The quantitative estimate of drug-likeness (QED) is 0.762. The highest BCUT2D eigenvalue weighted by Crippen LogP contribution is 2.25. The summed E-state index contributed by atoms with van der Waals surface area (Å²) in [7, 11) is -1.25. The number of hydrogen-bond donors (Lipinski definition) is 1. The van der Waals surface area contributed by atoms with E-state index in [4.69, 9.17) is 14.2 Å². The molecule has 1 atom stereocenters. The van der Waals surface area contributed by atoms with Crippen molar-refractivity contribution in [3.05, 3.63) is 23.8 Å². The van der Waals surface area contributed by atoms with Gasteiger partial charge in [0, 0.05) is 6.42 Å². The average Bonchev–Trinajstić information content (AvgIpc) is 2.91. The topological polar surface area (TPSA) is 108 Å². The van der Waals surface area contributed by atoms with Gasteiger partial charge in [-0.15, -0.1) is 0 Å². The van der Waals surface area contributed by atoms with Gasteiger partial charge >= 0.3 is 11.9 Å². The summed E-state index contributed by atoms with van der Waals surface area (Å²) in [5.41, 5.74) is -0.00525. The maximum absolute atomic E-state index is 12.0. The number of ether oxygens (including phenoxy) is 3. The highest BCUT2D eigenvalue weighted by atomic mass is 32.2. The fraction of sp³-hybridized carbons (Fsp3) is 0.385. The maximum atomic E-state index is 12.0. The second kappa shape index (κ2) is 6.32. The lowest BCUT2D eigenvalue weighted by molar-refractivity contribution is -0.145. The third-order valence-electron chi connectivity index (χ3n) is 3.09. The van der Waals surface area contributed by atoms with Crippen LogP contribution in [-0.4, -0.2) is 47.2 Å². The average molecular weight is 329 g/mol. The molecule has 0 saturated carbocycles. The van der Waals surface area contributed by atoms with E-state index in [1.807, 2.05) is 0 Å². The minimum atomic E-state index is -3.81. The van der Waals surface area contributed by atoms with Crippen LogP contribution < -0.4 is 9.46 Å². The molecule has 22 heavy (non-hydrogen) atoms. The number of esters is 2.